The van der Waals surface area contributed by atoms with Crippen molar-refractivity contribution in [3.8, 4) is 0 Å². The van der Waals surface area contributed by atoms with E-state index in [0.717, 1.165) is 0 Å². The highest BCUT2D eigenvalue weighted by molar-refractivity contribution is 14.0. The van der Waals surface area contributed by atoms with Gasteiger partial charge in [-0.15, -0.1) is 24.0 Å². The van der Waals surface area contributed by atoms with Crippen LogP contribution in [0.5, 0.6) is 0 Å². The molecular weight excluding hydrogens is 333 g/mol. The van der Waals surface area contributed by atoms with Crippen LogP contribution in [-0.2, 0) is 9.47 Å². The van der Waals surface area contributed by atoms with Crippen molar-refractivity contribution >= 4 is 29.9 Å². The van der Waals surface area contributed by atoms with Gasteiger partial charge in [0.25, 0.3) is 0 Å². The number of ether oxygens (including phenoxy) is 2. The summed E-state index contributed by atoms with van der Waals surface area (Å²) >= 11 is 0. The van der Waals surface area contributed by atoms with Gasteiger partial charge in [-0.2, -0.15) is 0 Å². The maximum absolute atomic E-state index is 5.81. The van der Waals surface area contributed by atoms with Gasteiger partial charge in [0.1, 0.15) is 6.10 Å². The summed E-state index contributed by atoms with van der Waals surface area (Å²) in [5.74, 6) is 0.543. The zero-order chi connectivity index (χ0) is 11.2. The Hall–Kier alpha value is -0.0800. The lowest BCUT2D eigenvalue weighted by Gasteiger charge is -2.21. The second-order valence-corrected chi connectivity index (χ2v) is 4.42. The summed E-state index contributed by atoms with van der Waals surface area (Å²) in [6, 6.07) is 0.521. The van der Waals surface area contributed by atoms with Crippen molar-refractivity contribution in [2.45, 2.75) is 37.8 Å². The molecule has 1 heterocycles. The average Bonchev–Trinajstić information content (AvgIpc) is 2.81. The highest BCUT2D eigenvalue weighted by Gasteiger charge is 2.16. The molecule has 0 aromatic heterocycles. The van der Waals surface area contributed by atoms with Crippen LogP contribution in [0.2, 0.25) is 0 Å². The van der Waals surface area contributed by atoms with E-state index in [4.69, 9.17) is 15.2 Å². The molecular formula is C11H22IN3O2. The van der Waals surface area contributed by atoms with Gasteiger partial charge < -0.3 is 20.5 Å². The van der Waals surface area contributed by atoms with Gasteiger partial charge in [-0.1, -0.05) is 12.8 Å². The van der Waals surface area contributed by atoms with Crippen LogP contribution in [0.1, 0.15) is 25.7 Å². The molecule has 1 saturated carbocycles. The number of hydrogen-bond donors (Lipinski definition) is 2. The predicted molar refractivity (Wildman–Crippen MR) is 77.9 cm³/mol. The highest BCUT2D eigenvalue weighted by atomic mass is 127. The fourth-order valence-electron chi connectivity index (χ4n) is 2.17. The molecule has 100 valence electrons. The minimum atomic E-state index is 0. The average molecular weight is 355 g/mol. The minimum absolute atomic E-state index is 0. The molecule has 0 amide bonds. The Bertz CT molecular complexity index is 239. The molecule has 1 aliphatic heterocycles. The Balaban J connectivity index is 0.00000144. The number of guanidine groups is 1. The molecule has 2 rings (SSSR count). The molecule has 1 aliphatic carbocycles. The molecule has 6 heteroatoms. The van der Waals surface area contributed by atoms with Crippen molar-refractivity contribution in [3.05, 3.63) is 0 Å². The molecule has 2 fully saturated rings. The highest BCUT2D eigenvalue weighted by Crippen LogP contribution is 2.17. The fraction of sp³-hybridized carbons (Fsp3) is 0.909. The Kier molecular flexibility index (Phi) is 7.14. The van der Waals surface area contributed by atoms with E-state index in [1.54, 1.807) is 0 Å². The molecule has 3 N–H and O–H groups in total. The second kappa shape index (κ2) is 8.10. The van der Waals surface area contributed by atoms with Gasteiger partial charge in [0, 0.05) is 6.04 Å². The van der Waals surface area contributed by atoms with Crippen LogP contribution < -0.4 is 11.1 Å². The summed E-state index contributed by atoms with van der Waals surface area (Å²) in [6.07, 6.45) is 5.07. The van der Waals surface area contributed by atoms with Crippen molar-refractivity contribution in [1.82, 2.24) is 5.32 Å². The van der Waals surface area contributed by atoms with Gasteiger partial charge in [-0.3, -0.25) is 4.99 Å². The van der Waals surface area contributed by atoms with Gasteiger partial charge in [0.05, 0.1) is 26.4 Å². The quantitative estimate of drug-likeness (QED) is 0.448. The third-order valence-electron chi connectivity index (χ3n) is 3.06. The number of nitrogens with zero attached hydrogens (tertiary/aromatic N) is 1. The Morgan fingerprint density at radius 3 is 2.71 bits per heavy atom. The van der Waals surface area contributed by atoms with E-state index in [1.807, 2.05) is 0 Å². The predicted octanol–water partition coefficient (Wildman–Crippen LogP) is 0.867. The summed E-state index contributed by atoms with van der Waals surface area (Å²) in [5, 5.41) is 3.25. The molecule has 1 saturated heterocycles. The first-order valence-electron chi connectivity index (χ1n) is 6.10. The third kappa shape index (κ3) is 5.39. The van der Waals surface area contributed by atoms with Crippen LogP contribution in [0.15, 0.2) is 4.99 Å². The SMILES string of the molecule is I.NC(=NCC1COCCO1)NC1CCCC1. The second-order valence-electron chi connectivity index (χ2n) is 4.42. The molecule has 0 aromatic rings. The number of hydrogen-bond acceptors (Lipinski definition) is 3. The van der Waals surface area contributed by atoms with Gasteiger partial charge >= 0.3 is 0 Å². The Morgan fingerprint density at radius 1 is 1.29 bits per heavy atom. The van der Waals surface area contributed by atoms with E-state index in [1.165, 1.54) is 25.7 Å². The van der Waals surface area contributed by atoms with Crippen LogP contribution in [0.3, 0.4) is 0 Å². The Morgan fingerprint density at radius 2 is 2.06 bits per heavy atom. The van der Waals surface area contributed by atoms with Gasteiger partial charge in [0.15, 0.2) is 5.96 Å². The smallest absolute Gasteiger partial charge is 0.188 e. The maximum atomic E-state index is 5.81. The van der Waals surface area contributed by atoms with Crippen LogP contribution in [-0.4, -0.2) is 44.5 Å². The van der Waals surface area contributed by atoms with Gasteiger partial charge in [-0.25, -0.2) is 0 Å². The summed E-state index contributed by atoms with van der Waals surface area (Å²) < 4.78 is 10.8. The van der Waals surface area contributed by atoms with Crippen LogP contribution >= 0.6 is 24.0 Å². The molecule has 0 radical (unpaired) electrons. The van der Waals surface area contributed by atoms with Crippen molar-refractivity contribution < 1.29 is 9.47 Å². The van der Waals surface area contributed by atoms with E-state index in [9.17, 15) is 0 Å². The number of nitrogens with two attached hydrogens (primary N) is 1. The lowest BCUT2D eigenvalue weighted by Crippen LogP contribution is -2.40. The van der Waals surface area contributed by atoms with Crippen molar-refractivity contribution in [1.29, 1.82) is 0 Å². The zero-order valence-electron chi connectivity index (χ0n) is 10.1. The Labute approximate surface area is 120 Å². The fourth-order valence-corrected chi connectivity index (χ4v) is 2.17. The number of aliphatic imine (C=N–C) groups is 1. The zero-order valence-corrected chi connectivity index (χ0v) is 12.4. The number of halogens is 1. The molecule has 17 heavy (non-hydrogen) atoms. The molecule has 0 bridgehead atoms. The number of rotatable bonds is 3. The monoisotopic (exact) mass is 355 g/mol. The summed E-state index contributed by atoms with van der Waals surface area (Å²) in [7, 11) is 0. The minimum Gasteiger partial charge on any atom is -0.376 e. The summed E-state index contributed by atoms with van der Waals surface area (Å²) in [6.45, 7) is 2.57. The normalized spacial score (nSPS) is 26.6. The first-order valence-corrected chi connectivity index (χ1v) is 6.10. The lowest BCUT2D eigenvalue weighted by atomic mass is 10.2. The summed E-state index contributed by atoms with van der Waals surface area (Å²) in [5.41, 5.74) is 5.81. The number of nitrogens with one attached hydrogen (secondary N) is 1. The van der Waals surface area contributed by atoms with Crippen LogP contribution in [0.4, 0.5) is 0 Å². The molecule has 0 spiro atoms. The first kappa shape index (κ1) is 15.0. The van der Waals surface area contributed by atoms with Gasteiger partial charge in [0.2, 0.25) is 0 Å². The van der Waals surface area contributed by atoms with E-state index in [0.29, 0.717) is 38.4 Å². The van der Waals surface area contributed by atoms with Crippen LogP contribution in [0, 0.1) is 0 Å². The third-order valence-corrected chi connectivity index (χ3v) is 3.06. The molecule has 5 nitrogen and oxygen atoms in total. The molecule has 0 aromatic carbocycles. The van der Waals surface area contributed by atoms with E-state index in [2.05, 4.69) is 10.3 Å². The van der Waals surface area contributed by atoms with Crippen molar-refractivity contribution in [2.24, 2.45) is 10.7 Å². The lowest BCUT2D eigenvalue weighted by molar-refractivity contribution is -0.0832. The van der Waals surface area contributed by atoms with Crippen molar-refractivity contribution in [3.63, 3.8) is 0 Å². The van der Waals surface area contributed by atoms with Gasteiger partial charge in [-0.05, 0) is 12.8 Å². The summed E-state index contributed by atoms with van der Waals surface area (Å²) in [4.78, 5) is 4.29. The molecule has 1 unspecified atom stereocenters. The topological polar surface area (TPSA) is 68.9 Å². The largest absolute Gasteiger partial charge is 0.376 e. The first-order chi connectivity index (χ1) is 7.84. The van der Waals surface area contributed by atoms with Crippen molar-refractivity contribution in [2.75, 3.05) is 26.4 Å². The maximum Gasteiger partial charge on any atom is 0.188 e. The van der Waals surface area contributed by atoms with E-state index in [-0.39, 0.29) is 30.1 Å². The molecule has 2 aliphatic rings. The van der Waals surface area contributed by atoms with E-state index < -0.39 is 0 Å². The van der Waals surface area contributed by atoms with Crippen LogP contribution in [0.25, 0.3) is 0 Å². The van der Waals surface area contributed by atoms with E-state index >= 15 is 0 Å². The standard InChI is InChI=1S/C11H21N3O2.HI/c12-11(14-9-3-1-2-4-9)13-7-10-8-15-5-6-16-10;/h9-10H,1-8H2,(H3,12,13,14);1H. The molecule has 1 atom stereocenters.